The Morgan fingerprint density at radius 3 is 2.43 bits per heavy atom. The van der Waals surface area contributed by atoms with Gasteiger partial charge >= 0.3 is 12.2 Å². The highest BCUT2D eigenvalue weighted by atomic mass is 19.4. The Morgan fingerprint density at radius 1 is 1.17 bits per heavy atom. The summed E-state index contributed by atoms with van der Waals surface area (Å²) in [6.07, 6.45) is 0.693. The van der Waals surface area contributed by atoms with Gasteiger partial charge in [0.25, 0.3) is 0 Å². The number of rotatable bonds is 4. The van der Waals surface area contributed by atoms with Crippen LogP contribution < -0.4 is 10.6 Å². The maximum atomic E-state index is 12.5. The first-order valence-electron chi connectivity index (χ1n) is 8.07. The van der Waals surface area contributed by atoms with Crippen molar-refractivity contribution < 1.29 is 18.0 Å². The molecule has 0 radical (unpaired) electrons. The van der Waals surface area contributed by atoms with Crippen LogP contribution in [0.1, 0.15) is 43.7 Å². The topological polar surface area (TPSA) is 41.1 Å². The third-order valence-corrected chi connectivity index (χ3v) is 4.41. The number of urea groups is 1. The molecule has 23 heavy (non-hydrogen) atoms. The molecule has 0 spiro atoms. The van der Waals surface area contributed by atoms with Crippen LogP contribution in [0.2, 0.25) is 0 Å². The van der Waals surface area contributed by atoms with Gasteiger partial charge in [0.1, 0.15) is 0 Å². The fourth-order valence-electron chi connectivity index (χ4n) is 2.93. The Morgan fingerprint density at radius 2 is 1.83 bits per heavy atom. The van der Waals surface area contributed by atoms with E-state index in [1.54, 1.807) is 0 Å². The molecular weight excluding hydrogens is 305 g/mol. The second-order valence-electron chi connectivity index (χ2n) is 6.21. The third kappa shape index (κ3) is 5.44. The van der Waals surface area contributed by atoms with Crippen molar-refractivity contribution in [1.29, 1.82) is 0 Å². The molecule has 6 heteroatoms. The Hall–Kier alpha value is -1.72. The maximum Gasteiger partial charge on any atom is 0.416 e. The Kier molecular flexibility index (Phi) is 5.91. The van der Waals surface area contributed by atoms with Crippen LogP contribution in [-0.2, 0) is 12.6 Å². The molecule has 0 unspecified atom stereocenters. The first-order chi connectivity index (χ1) is 10.9. The van der Waals surface area contributed by atoms with Crippen LogP contribution in [0.25, 0.3) is 0 Å². The van der Waals surface area contributed by atoms with Crippen LogP contribution in [0.15, 0.2) is 24.3 Å². The van der Waals surface area contributed by atoms with E-state index in [0.717, 1.165) is 37.0 Å². The van der Waals surface area contributed by atoms with Crippen molar-refractivity contribution in [3.63, 3.8) is 0 Å². The molecule has 2 amide bonds. The van der Waals surface area contributed by atoms with Gasteiger partial charge in [-0.3, -0.25) is 0 Å². The van der Waals surface area contributed by atoms with E-state index in [1.165, 1.54) is 18.6 Å². The van der Waals surface area contributed by atoms with Gasteiger partial charge in [0.2, 0.25) is 0 Å². The van der Waals surface area contributed by atoms with Gasteiger partial charge in [0, 0.05) is 12.6 Å². The van der Waals surface area contributed by atoms with Gasteiger partial charge in [-0.2, -0.15) is 13.2 Å². The van der Waals surface area contributed by atoms with Crippen LogP contribution in [-0.4, -0.2) is 18.6 Å². The molecule has 1 fully saturated rings. The first-order valence-corrected chi connectivity index (χ1v) is 8.07. The Balaban J connectivity index is 1.73. The van der Waals surface area contributed by atoms with E-state index in [1.807, 2.05) is 0 Å². The molecule has 0 heterocycles. The second-order valence-corrected chi connectivity index (χ2v) is 6.21. The zero-order chi connectivity index (χ0) is 16.9. The van der Waals surface area contributed by atoms with Gasteiger partial charge in [-0.05, 0) is 42.9 Å². The zero-order valence-electron chi connectivity index (χ0n) is 13.2. The Labute approximate surface area is 134 Å². The largest absolute Gasteiger partial charge is 0.416 e. The highest BCUT2D eigenvalue weighted by Gasteiger charge is 2.29. The summed E-state index contributed by atoms with van der Waals surface area (Å²) < 4.78 is 37.4. The molecule has 0 aromatic heterocycles. The molecule has 0 aliphatic heterocycles. The van der Waals surface area contributed by atoms with Gasteiger partial charge < -0.3 is 10.6 Å². The van der Waals surface area contributed by atoms with Crippen molar-refractivity contribution in [3.05, 3.63) is 35.4 Å². The minimum Gasteiger partial charge on any atom is -0.338 e. The number of benzene rings is 1. The lowest BCUT2D eigenvalue weighted by Gasteiger charge is -2.29. The lowest BCUT2D eigenvalue weighted by atomic mass is 9.86. The molecule has 2 N–H and O–H groups in total. The van der Waals surface area contributed by atoms with Gasteiger partial charge in [0.15, 0.2) is 0 Å². The summed E-state index contributed by atoms with van der Waals surface area (Å²) in [5.74, 6) is 0.490. The smallest absolute Gasteiger partial charge is 0.338 e. The van der Waals surface area contributed by atoms with Crippen molar-refractivity contribution in [3.8, 4) is 0 Å². The molecule has 1 aromatic carbocycles. The Bertz CT molecular complexity index is 514. The van der Waals surface area contributed by atoms with Crippen LogP contribution in [0.3, 0.4) is 0 Å². The summed E-state index contributed by atoms with van der Waals surface area (Å²) in [6, 6.07) is 5.06. The average Bonchev–Trinajstić information content (AvgIpc) is 2.49. The summed E-state index contributed by atoms with van der Waals surface area (Å²) in [4.78, 5) is 11.9. The van der Waals surface area contributed by atoms with Crippen LogP contribution in [0.5, 0.6) is 0 Å². The molecule has 1 saturated carbocycles. The number of alkyl halides is 3. The molecule has 2 rings (SSSR count). The predicted octanol–water partition coefficient (Wildman–Crippen LogP) is 4.13. The van der Waals surface area contributed by atoms with Crippen molar-refractivity contribution in [2.45, 2.75) is 51.2 Å². The monoisotopic (exact) mass is 328 g/mol. The molecular formula is C17H23F3N2O. The normalized spacial score (nSPS) is 21.7. The molecule has 0 bridgehead atoms. The predicted molar refractivity (Wildman–Crippen MR) is 83.1 cm³/mol. The number of halogens is 3. The lowest BCUT2D eigenvalue weighted by Crippen LogP contribution is -2.46. The van der Waals surface area contributed by atoms with Crippen LogP contribution in [0, 0.1) is 5.92 Å². The summed E-state index contributed by atoms with van der Waals surface area (Å²) >= 11 is 0. The van der Waals surface area contributed by atoms with Gasteiger partial charge in [-0.15, -0.1) is 0 Å². The van der Waals surface area contributed by atoms with E-state index >= 15 is 0 Å². The molecule has 0 saturated heterocycles. The van der Waals surface area contributed by atoms with E-state index in [-0.39, 0.29) is 12.1 Å². The fraction of sp³-hybridized carbons (Fsp3) is 0.588. The van der Waals surface area contributed by atoms with Crippen molar-refractivity contribution >= 4 is 6.03 Å². The van der Waals surface area contributed by atoms with E-state index in [2.05, 4.69) is 17.6 Å². The highest BCUT2D eigenvalue weighted by Crippen LogP contribution is 2.29. The number of hydrogen-bond acceptors (Lipinski definition) is 1. The van der Waals surface area contributed by atoms with Gasteiger partial charge in [-0.1, -0.05) is 31.9 Å². The zero-order valence-corrected chi connectivity index (χ0v) is 13.2. The molecule has 3 nitrogen and oxygen atoms in total. The van der Waals surface area contributed by atoms with E-state index in [9.17, 15) is 18.0 Å². The number of nitrogens with one attached hydrogen (secondary N) is 2. The molecule has 1 aromatic rings. The summed E-state index contributed by atoms with van der Waals surface area (Å²) in [5, 5.41) is 5.76. The van der Waals surface area contributed by atoms with Crippen LogP contribution >= 0.6 is 0 Å². The second kappa shape index (κ2) is 7.70. The molecule has 2 atom stereocenters. The van der Waals surface area contributed by atoms with Crippen LogP contribution in [0.4, 0.5) is 18.0 Å². The van der Waals surface area contributed by atoms with Crippen molar-refractivity contribution in [2.24, 2.45) is 5.92 Å². The maximum absolute atomic E-state index is 12.5. The minimum atomic E-state index is -4.31. The highest BCUT2D eigenvalue weighted by molar-refractivity contribution is 5.74. The number of carbonyl (C=O) groups excluding carboxylic acids is 1. The standard InChI is InChI=1S/C17H23F3N2O/c1-12-4-2-3-5-15(12)22-16(23)21-11-10-13-6-8-14(9-7-13)17(18,19)20/h6-9,12,15H,2-5,10-11H2,1H3,(H2,21,22,23)/t12-,15-/m0/s1. The van der Waals surface area contributed by atoms with E-state index in [4.69, 9.17) is 0 Å². The fourth-order valence-corrected chi connectivity index (χ4v) is 2.93. The number of hydrogen-bond donors (Lipinski definition) is 2. The first kappa shape index (κ1) is 17.6. The minimum absolute atomic E-state index is 0.198. The average molecular weight is 328 g/mol. The van der Waals surface area contributed by atoms with Gasteiger partial charge in [0.05, 0.1) is 5.56 Å². The SMILES string of the molecule is C[C@H]1CCCC[C@@H]1NC(=O)NCCc1ccc(C(F)(F)F)cc1. The van der Waals surface area contributed by atoms with Gasteiger partial charge in [-0.25, -0.2) is 4.79 Å². The number of carbonyl (C=O) groups is 1. The summed E-state index contributed by atoms with van der Waals surface area (Å²) in [6.45, 7) is 2.55. The van der Waals surface area contributed by atoms with E-state index < -0.39 is 11.7 Å². The quantitative estimate of drug-likeness (QED) is 0.857. The molecule has 128 valence electrons. The van der Waals surface area contributed by atoms with Crippen molar-refractivity contribution in [2.75, 3.05) is 6.54 Å². The summed E-state index contributed by atoms with van der Waals surface area (Å²) in [5.41, 5.74) is 0.113. The van der Waals surface area contributed by atoms with Crippen molar-refractivity contribution in [1.82, 2.24) is 10.6 Å². The lowest BCUT2D eigenvalue weighted by molar-refractivity contribution is -0.137. The molecule has 1 aliphatic rings. The third-order valence-electron chi connectivity index (χ3n) is 4.41. The number of amides is 2. The van der Waals surface area contributed by atoms with E-state index in [0.29, 0.717) is 18.9 Å². The molecule has 1 aliphatic carbocycles. The summed E-state index contributed by atoms with van der Waals surface area (Å²) in [7, 11) is 0.